The molecule has 156 valence electrons. The highest BCUT2D eigenvalue weighted by molar-refractivity contribution is 5.87. The second-order valence-corrected chi connectivity index (χ2v) is 7.78. The summed E-state index contributed by atoms with van der Waals surface area (Å²) in [5.41, 5.74) is 2.01. The van der Waals surface area contributed by atoms with E-state index in [1.165, 1.54) is 5.01 Å². The number of nitrogens with zero attached hydrogens (tertiary/aromatic N) is 2. The van der Waals surface area contributed by atoms with Gasteiger partial charge in [-0.2, -0.15) is 0 Å². The van der Waals surface area contributed by atoms with E-state index in [-0.39, 0.29) is 24.5 Å². The van der Waals surface area contributed by atoms with Gasteiger partial charge in [0.25, 0.3) is 0 Å². The predicted molar refractivity (Wildman–Crippen MR) is 125 cm³/mol. The second-order valence-electron chi connectivity index (χ2n) is 7.78. The minimum absolute atomic E-state index is 0.108. The molecule has 4 aromatic carbocycles. The number of amides is 1. The normalized spacial score (nSPS) is 13.0. The Kier molecular flexibility index (Phi) is 5.94. The highest BCUT2D eigenvalue weighted by atomic mass is 16.3. The zero-order chi connectivity index (χ0) is 21.8. The van der Waals surface area contributed by atoms with Gasteiger partial charge in [0.2, 0.25) is 5.91 Å². The Morgan fingerprint density at radius 2 is 1.32 bits per heavy atom. The second kappa shape index (κ2) is 8.96. The van der Waals surface area contributed by atoms with Crippen molar-refractivity contribution >= 4 is 27.5 Å². The summed E-state index contributed by atoms with van der Waals surface area (Å²) in [7, 11) is 0. The minimum Gasteiger partial charge on any atom is -0.348 e. The van der Waals surface area contributed by atoms with E-state index in [4.69, 9.17) is 0 Å². The van der Waals surface area contributed by atoms with Gasteiger partial charge in [0.15, 0.2) is 0 Å². The van der Waals surface area contributed by atoms with E-state index >= 15 is 0 Å². The van der Waals surface area contributed by atoms with Crippen molar-refractivity contribution in [1.82, 2.24) is 10.3 Å². The molecular weight excluding hydrogens is 386 g/mol. The lowest BCUT2D eigenvalue weighted by molar-refractivity contribution is -0.123. The smallest absolute Gasteiger partial charge is 0.241 e. The first-order valence-electron chi connectivity index (χ1n) is 10.4. The van der Waals surface area contributed by atoms with E-state index in [0.717, 1.165) is 32.7 Å². The number of fused-ring (bicyclic) bond motifs is 2. The van der Waals surface area contributed by atoms with Gasteiger partial charge in [-0.1, -0.05) is 84.9 Å². The third kappa shape index (κ3) is 4.26. The van der Waals surface area contributed by atoms with Crippen LogP contribution in [0.25, 0.3) is 21.5 Å². The number of hydrogen-bond acceptors (Lipinski definition) is 3. The van der Waals surface area contributed by atoms with Crippen molar-refractivity contribution in [2.24, 2.45) is 5.29 Å². The molecule has 0 aromatic heterocycles. The molecule has 0 aliphatic heterocycles. The molecule has 0 aliphatic rings. The van der Waals surface area contributed by atoms with Crippen molar-refractivity contribution in [3.8, 4) is 0 Å². The SMILES string of the molecule is CC(NC(=O)CN(N=O)C(C)c1cccc2ccccc12)c1cccc2ccccc12. The quantitative estimate of drug-likeness (QED) is 0.303. The molecule has 0 bridgehead atoms. The van der Waals surface area contributed by atoms with Crippen LogP contribution in [0.3, 0.4) is 0 Å². The van der Waals surface area contributed by atoms with Gasteiger partial charge in [0, 0.05) is 0 Å². The first-order chi connectivity index (χ1) is 15.1. The number of rotatable bonds is 7. The lowest BCUT2D eigenvalue weighted by atomic mass is 9.99. The van der Waals surface area contributed by atoms with Crippen LogP contribution in [0.1, 0.15) is 37.1 Å². The Balaban J connectivity index is 1.50. The first-order valence-corrected chi connectivity index (χ1v) is 10.4. The van der Waals surface area contributed by atoms with E-state index in [2.05, 4.69) is 28.8 Å². The van der Waals surface area contributed by atoms with Crippen molar-refractivity contribution in [3.05, 3.63) is 101 Å². The molecule has 0 heterocycles. The van der Waals surface area contributed by atoms with Crippen molar-refractivity contribution in [2.75, 3.05) is 6.54 Å². The van der Waals surface area contributed by atoms with Crippen molar-refractivity contribution < 1.29 is 4.79 Å². The van der Waals surface area contributed by atoms with Crippen molar-refractivity contribution in [3.63, 3.8) is 0 Å². The summed E-state index contributed by atoms with van der Waals surface area (Å²) in [5.74, 6) is -0.243. The lowest BCUT2D eigenvalue weighted by Gasteiger charge is -2.25. The summed E-state index contributed by atoms with van der Waals surface area (Å²) < 4.78 is 0. The van der Waals surface area contributed by atoms with E-state index in [1.807, 2.05) is 80.6 Å². The molecule has 0 radical (unpaired) electrons. The molecule has 5 heteroatoms. The van der Waals surface area contributed by atoms with E-state index in [1.54, 1.807) is 0 Å². The maximum absolute atomic E-state index is 12.8. The topological polar surface area (TPSA) is 61.8 Å². The van der Waals surface area contributed by atoms with Gasteiger partial charge in [-0.05, 0) is 46.5 Å². The molecule has 1 N–H and O–H groups in total. The van der Waals surface area contributed by atoms with Gasteiger partial charge in [0.1, 0.15) is 6.54 Å². The average Bonchev–Trinajstić information content (AvgIpc) is 2.81. The fraction of sp³-hybridized carbons (Fsp3) is 0.192. The zero-order valence-corrected chi connectivity index (χ0v) is 17.7. The van der Waals surface area contributed by atoms with Crippen LogP contribution in [-0.4, -0.2) is 17.5 Å². The molecule has 0 aliphatic carbocycles. The number of nitroso groups, excluding NO2 is 1. The Morgan fingerprint density at radius 3 is 1.94 bits per heavy atom. The molecule has 0 saturated carbocycles. The predicted octanol–water partition coefficient (Wildman–Crippen LogP) is 5.91. The first kappa shape index (κ1) is 20.5. The molecule has 4 aromatic rings. The third-order valence-corrected chi connectivity index (χ3v) is 5.80. The lowest BCUT2D eigenvalue weighted by Crippen LogP contribution is -2.37. The fourth-order valence-electron chi connectivity index (χ4n) is 4.15. The molecule has 2 unspecified atom stereocenters. The van der Waals surface area contributed by atoms with Gasteiger partial charge >= 0.3 is 0 Å². The molecule has 1 amide bonds. The van der Waals surface area contributed by atoms with E-state index in [9.17, 15) is 9.70 Å². The number of nitrogens with one attached hydrogen (secondary N) is 1. The van der Waals surface area contributed by atoms with Gasteiger partial charge in [-0.25, -0.2) is 5.01 Å². The fourth-order valence-corrected chi connectivity index (χ4v) is 4.15. The summed E-state index contributed by atoms with van der Waals surface area (Å²) in [5, 5.41) is 11.9. The Labute approximate surface area is 181 Å². The molecule has 2 atom stereocenters. The maximum Gasteiger partial charge on any atom is 0.241 e. The summed E-state index contributed by atoms with van der Waals surface area (Å²) in [4.78, 5) is 24.4. The van der Waals surface area contributed by atoms with Crippen molar-refractivity contribution in [1.29, 1.82) is 0 Å². The number of carbonyl (C=O) groups excluding carboxylic acids is 1. The van der Waals surface area contributed by atoms with Gasteiger partial charge in [-0.15, -0.1) is 4.91 Å². The molecule has 31 heavy (non-hydrogen) atoms. The summed E-state index contributed by atoms with van der Waals surface area (Å²) in [6, 6.07) is 27.6. The van der Waals surface area contributed by atoms with E-state index in [0.29, 0.717) is 0 Å². The number of benzene rings is 4. The Morgan fingerprint density at radius 1 is 0.806 bits per heavy atom. The van der Waals surface area contributed by atoms with Crippen LogP contribution in [0.5, 0.6) is 0 Å². The summed E-state index contributed by atoms with van der Waals surface area (Å²) in [6.45, 7) is 3.74. The summed E-state index contributed by atoms with van der Waals surface area (Å²) in [6.07, 6.45) is 0. The van der Waals surface area contributed by atoms with Crippen LogP contribution in [0.2, 0.25) is 0 Å². The van der Waals surface area contributed by atoms with Crippen LogP contribution in [0, 0.1) is 4.91 Å². The van der Waals surface area contributed by atoms with Gasteiger partial charge in [-0.3, -0.25) is 4.79 Å². The van der Waals surface area contributed by atoms with Crippen LogP contribution in [0.4, 0.5) is 0 Å². The summed E-state index contributed by atoms with van der Waals surface area (Å²) >= 11 is 0. The number of carbonyl (C=O) groups is 1. The zero-order valence-electron chi connectivity index (χ0n) is 17.7. The molecule has 0 saturated heterocycles. The molecule has 0 spiro atoms. The highest BCUT2D eigenvalue weighted by Crippen LogP contribution is 2.28. The molecule has 4 rings (SSSR count). The Bertz CT molecular complexity index is 1230. The average molecular weight is 412 g/mol. The monoisotopic (exact) mass is 411 g/mol. The molecule has 5 nitrogen and oxygen atoms in total. The van der Waals surface area contributed by atoms with Gasteiger partial charge < -0.3 is 5.32 Å². The number of hydrogen-bond donors (Lipinski definition) is 1. The van der Waals surface area contributed by atoms with Crippen LogP contribution >= 0.6 is 0 Å². The minimum atomic E-state index is -0.331. The van der Waals surface area contributed by atoms with Crippen LogP contribution in [-0.2, 0) is 4.79 Å². The van der Waals surface area contributed by atoms with E-state index < -0.39 is 0 Å². The molecular formula is C26H25N3O2. The van der Waals surface area contributed by atoms with Crippen LogP contribution < -0.4 is 5.32 Å². The van der Waals surface area contributed by atoms with Crippen LogP contribution in [0.15, 0.2) is 90.2 Å². The largest absolute Gasteiger partial charge is 0.348 e. The van der Waals surface area contributed by atoms with Crippen molar-refractivity contribution in [2.45, 2.75) is 25.9 Å². The van der Waals surface area contributed by atoms with Gasteiger partial charge in [0.05, 0.1) is 17.4 Å². The Hall–Kier alpha value is -3.73. The molecule has 0 fully saturated rings. The maximum atomic E-state index is 12.8. The standard InChI is InChI=1S/C26H25N3O2/c1-18(22-15-7-11-20-9-3-5-13-24(20)22)27-26(30)17-29(28-31)19(2)23-16-8-12-21-10-4-6-14-25(21)23/h3-16,18-19H,17H2,1-2H3,(H,27,30). The highest BCUT2D eigenvalue weighted by Gasteiger charge is 2.21. The third-order valence-electron chi connectivity index (χ3n) is 5.80.